The summed E-state index contributed by atoms with van der Waals surface area (Å²) in [6, 6.07) is 0. The number of carbonyl (C=O) groups excluding carboxylic acids is 4. The van der Waals surface area contributed by atoms with Gasteiger partial charge in [-0.15, -0.1) is 0 Å². The van der Waals surface area contributed by atoms with E-state index in [-0.39, 0.29) is 48.4 Å². The second-order valence-corrected chi connectivity index (χ2v) is 12.6. The molecule has 2 aromatic rings. The maximum atomic E-state index is 12.5. The van der Waals surface area contributed by atoms with E-state index < -0.39 is 0 Å². The van der Waals surface area contributed by atoms with Crippen molar-refractivity contribution in [3.05, 3.63) is 78.7 Å². The molecular weight excluding hydrogens is 596 g/mol. The molecule has 4 heterocycles. The zero-order valence-corrected chi connectivity index (χ0v) is 29.3. The van der Waals surface area contributed by atoms with Gasteiger partial charge in [-0.1, -0.05) is 27.7 Å². The van der Waals surface area contributed by atoms with Crippen molar-refractivity contribution in [1.82, 2.24) is 20.6 Å². The summed E-state index contributed by atoms with van der Waals surface area (Å²) in [6.07, 6.45) is 6.23. The summed E-state index contributed by atoms with van der Waals surface area (Å²) in [5, 5.41) is 6.00. The Kier molecular flexibility index (Phi) is 10.8. The summed E-state index contributed by atoms with van der Waals surface area (Å²) >= 11 is 0. The fourth-order valence-corrected chi connectivity index (χ4v) is 7.05. The first kappa shape index (κ1) is 35.3. The summed E-state index contributed by atoms with van der Waals surface area (Å²) in [4.78, 5) is 57.1. The van der Waals surface area contributed by atoms with Crippen molar-refractivity contribution in [3.8, 4) is 0 Å². The minimum absolute atomic E-state index is 0.0979. The van der Waals surface area contributed by atoms with Gasteiger partial charge in [0.25, 0.3) is 11.8 Å². The lowest BCUT2D eigenvalue weighted by atomic mass is 9.89. The Morgan fingerprint density at radius 3 is 1.36 bits per heavy atom. The predicted molar refractivity (Wildman–Crippen MR) is 182 cm³/mol. The summed E-state index contributed by atoms with van der Waals surface area (Å²) in [5.74, 6) is -1.12. The predicted octanol–water partition coefficient (Wildman–Crippen LogP) is 6.28. The van der Waals surface area contributed by atoms with Crippen LogP contribution in [0, 0.1) is 13.8 Å². The highest BCUT2D eigenvalue weighted by Crippen LogP contribution is 2.37. The number of H-pyrrole nitrogens is 2. The Morgan fingerprint density at radius 1 is 0.681 bits per heavy atom. The van der Waals surface area contributed by atoms with Crippen LogP contribution in [0.2, 0.25) is 0 Å². The van der Waals surface area contributed by atoms with Crippen LogP contribution in [0.15, 0.2) is 33.7 Å². The molecule has 47 heavy (non-hydrogen) atoms. The molecule has 2 atom stereocenters. The van der Waals surface area contributed by atoms with Gasteiger partial charge in [0.15, 0.2) is 0 Å². The van der Waals surface area contributed by atoms with Gasteiger partial charge in [0, 0.05) is 51.7 Å². The fourth-order valence-electron chi connectivity index (χ4n) is 7.05. The van der Waals surface area contributed by atoms with Crippen molar-refractivity contribution in [1.29, 1.82) is 0 Å². The van der Waals surface area contributed by atoms with Gasteiger partial charge in [-0.05, 0) is 97.9 Å². The summed E-state index contributed by atoms with van der Waals surface area (Å²) in [6.45, 7) is 15.8. The van der Waals surface area contributed by atoms with Crippen LogP contribution in [-0.4, -0.2) is 47.9 Å². The van der Waals surface area contributed by atoms with E-state index in [1.54, 1.807) is 0 Å². The van der Waals surface area contributed by atoms with E-state index in [1.165, 1.54) is 14.2 Å². The van der Waals surface area contributed by atoms with E-state index in [2.05, 4.69) is 20.6 Å². The molecule has 252 valence electrons. The lowest BCUT2D eigenvalue weighted by Crippen LogP contribution is -2.15. The van der Waals surface area contributed by atoms with E-state index in [4.69, 9.17) is 9.47 Å². The minimum atomic E-state index is -0.301. The van der Waals surface area contributed by atoms with Crippen molar-refractivity contribution in [2.24, 2.45) is 0 Å². The lowest BCUT2D eigenvalue weighted by molar-refractivity contribution is -0.141. The summed E-state index contributed by atoms with van der Waals surface area (Å²) < 4.78 is 10.0. The third-order valence-electron chi connectivity index (χ3n) is 9.60. The molecule has 2 aromatic heterocycles. The van der Waals surface area contributed by atoms with Crippen LogP contribution in [0.5, 0.6) is 0 Å². The molecule has 2 amide bonds. The Bertz CT molecular complexity index is 1620. The topological polar surface area (TPSA) is 142 Å². The molecule has 2 aliphatic rings. The maximum Gasteiger partial charge on any atom is 0.306 e. The number of ether oxygens (including phenoxy) is 2. The largest absolute Gasteiger partial charge is 0.469 e. The third kappa shape index (κ3) is 7.06. The number of allylic oxidation sites excluding steroid dienone is 2. The van der Waals surface area contributed by atoms with Crippen LogP contribution in [0.4, 0.5) is 0 Å². The molecule has 0 spiro atoms. The molecule has 0 fully saturated rings. The van der Waals surface area contributed by atoms with Crippen LogP contribution in [-0.2, 0) is 35.1 Å². The number of esters is 2. The molecule has 0 aromatic carbocycles. The van der Waals surface area contributed by atoms with Gasteiger partial charge in [0.2, 0.25) is 0 Å². The van der Waals surface area contributed by atoms with Crippen molar-refractivity contribution in [2.75, 3.05) is 14.2 Å². The molecule has 2 aliphatic heterocycles. The second-order valence-electron chi connectivity index (χ2n) is 12.6. The molecule has 0 radical (unpaired) electrons. The molecule has 10 heteroatoms. The zero-order chi connectivity index (χ0) is 34.7. The number of methoxy groups -OCH3 is 2. The van der Waals surface area contributed by atoms with Crippen molar-refractivity contribution < 1.29 is 28.7 Å². The van der Waals surface area contributed by atoms with Crippen LogP contribution >= 0.6 is 0 Å². The van der Waals surface area contributed by atoms with Gasteiger partial charge in [0.1, 0.15) is 0 Å². The molecule has 0 saturated carbocycles. The molecule has 4 N–H and O–H groups in total. The minimum Gasteiger partial charge on any atom is -0.469 e. The number of hydrogen-bond acceptors (Lipinski definition) is 6. The number of amides is 2. The highest BCUT2D eigenvalue weighted by Gasteiger charge is 2.29. The van der Waals surface area contributed by atoms with Crippen LogP contribution < -0.4 is 10.6 Å². The van der Waals surface area contributed by atoms with Gasteiger partial charge in [-0.3, -0.25) is 19.2 Å². The van der Waals surface area contributed by atoms with E-state index in [0.717, 1.165) is 67.6 Å². The quantitative estimate of drug-likeness (QED) is 0.201. The first-order valence-electron chi connectivity index (χ1n) is 16.3. The van der Waals surface area contributed by atoms with Crippen LogP contribution in [0.3, 0.4) is 0 Å². The van der Waals surface area contributed by atoms with E-state index in [1.807, 2.05) is 67.5 Å². The third-order valence-corrected chi connectivity index (χ3v) is 9.60. The standard InChI is InChI=1S/C37H48N4O6/c1-11-24-20(5)36(44)40-28(24)15-26-22(7)34(18(3)13-32(42)46-9)30(38-26)17-31-35(19(4)14-33(43)47-10)23(8)27(39-31)16-29-25(12-2)21(6)37(45)41-29/h15-16,18-19,38-39H,11-14,17H2,1-10H3,(H,40,44)(H,41,45)/b28-15-,29-16-/t18-,19-/m0/s1. The van der Waals surface area contributed by atoms with Gasteiger partial charge in [-0.2, -0.15) is 0 Å². The fraction of sp³-hybridized carbons (Fsp3) is 0.459. The number of aromatic nitrogens is 2. The molecule has 10 nitrogen and oxygen atoms in total. The highest BCUT2D eigenvalue weighted by atomic mass is 16.5. The Balaban J connectivity index is 1.88. The molecule has 0 aliphatic carbocycles. The van der Waals surface area contributed by atoms with Crippen LogP contribution in [0.25, 0.3) is 12.2 Å². The molecule has 4 rings (SSSR count). The smallest absolute Gasteiger partial charge is 0.306 e. The van der Waals surface area contributed by atoms with E-state index >= 15 is 0 Å². The zero-order valence-electron chi connectivity index (χ0n) is 29.3. The van der Waals surface area contributed by atoms with E-state index in [0.29, 0.717) is 30.4 Å². The van der Waals surface area contributed by atoms with Crippen molar-refractivity contribution in [2.45, 2.75) is 99.3 Å². The average molecular weight is 645 g/mol. The SMILES string of the molecule is CCC1=C(C)C(=O)N/C1=C\c1[nH]c(Cc2[nH]c(/C=C3\NC(=O)C(C)=C3CC)c(C)c2[C@@H](C)CC(=O)OC)c([C@@H](C)CC(=O)OC)c1C. The van der Waals surface area contributed by atoms with Gasteiger partial charge >= 0.3 is 11.9 Å². The first-order valence-corrected chi connectivity index (χ1v) is 16.3. The average Bonchev–Trinajstić information content (AvgIpc) is 3.68. The molecule has 0 bridgehead atoms. The lowest BCUT2D eigenvalue weighted by Gasteiger charge is -2.16. The second kappa shape index (κ2) is 14.4. The van der Waals surface area contributed by atoms with Crippen LogP contribution in [0.1, 0.15) is 124 Å². The number of hydrogen-bond donors (Lipinski definition) is 4. The number of carbonyl (C=O) groups is 4. The maximum absolute atomic E-state index is 12.5. The van der Waals surface area contributed by atoms with Gasteiger partial charge in [-0.25, -0.2) is 0 Å². The Labute approximate surface area is 277 Å². The summed E-state index contributed by atoms with van der Waals surface area (Å²) in [5.41, 5.74) is 12.4. The number of nitrogens with one attached hydrogen (secondary N) is 4. The van der Waals surface area contributed by atoms with Gasteiger partial charge < -0.3 is 30.1 Å². The van der Waals surface area contributed by atoms with Crippen molar-refractivity contribution in [3.63, 3.8) is 0 Å². The van der Waals surface area contributed by atoms with Gasteiger partial charge in [0.05, 0.1) is 27.1 Å². The van der Waals surface area contributed by atoms with Crippen molar-refractivity contribution >= 4 is 35.9 Å². The number of aromatic amines is 2. The summed E-state index contributed by atoms with van der Waals surface area (Å²) in [7, 11) is 2.78. The Morgan fingerprint density at radius 2 is 1.04 bits per heavy atom. The first-order chi connectivity index (χ1) is 22.3. The molecule has 0 saturated heterocycles. The Hall–Kier alpha value is -4.60. The monoisotopic (exact) mass is 644 g/mol. The highest BCUT2D eigenvalue weighted by molar-refractivity contribution is 6.01. The van der Waals surface area contributed by atoms with E-state index in [9.17, 15) is 19.2 Å². The number of rotatable bonds is 12. The normalized spacial score (nSPS) is 17.9. The molecular formula is C37H48N4O6. The molecule has 0 unspecified atom stereocenters.